The molecule has 3 nitrogen and oxygen atoms in total. The number of Topliss-reactive ketones (excluding diaryl/α,β-unsaturated/α-hetero) is 1. The van der Waals surface area contributed by atoms with Crippen molar-refractivity contribution in [2.75, 3.05) is 0 Å². The quantitative estimate of drug-likeness (QED) is 0.754. The van der Waals surface area contributed by atoms with Crippen LogP contribution in [0.4, 0.5) is 0 Å². The lowest BCUT2D eigenvalue weighted by molar-refractivity contribution is 0.101. The number of nitrogens with zero attached hydrogens (tertiary/aromatic N) is 2. The monoisotopic (exact) mass is 226 g/mol. The van der Waals surface area contributed by atoms with E-state index in [1.54, 1.807) is 6.92 Å². The first-order chi connectivity index (χ1) is 8.27. The number of rotatable bonds is 3. The van der Waals surface area contributed by atoms with Gasteiger partial charge >= 0.3 is 0 Å². The summed E-state index contributed by atoms with van der Waals surface area (Å²) < 4.78 is 2.18. The summed E-state index contributed by atoms with van der Waals surface area (Å²) in [4.78, 5) is 15.8. The van der Waals surface area contributed by atoms with E-state index in [2.05, 4.69) is 9.55 Å². The van der Waals surface area contributed by atoms with E-state index in [0.717, 1.165) is 16.8 Å². The average molecular weight is 226 g/mol. The molecule has 0 aliphatic heterocycles. The summed E-state index contributed by atoms with van der Waals surface area (Å²) in [5.41, 5.74) is 2.82. The minimum absolute atomic E-state index is 0.101. The summed E-state index contributed by atoms with van der Waals surface area (Å²) in [6, 6.07) is 8.31. The van der Waals surface area contributed by atoms with Crippen molar-refractivity contribution in [2.45, 2.75) is 25.8 Å². The summed E-state index contributed by atoms with van der Waals surface area (Å²) in [7, 11) is 0. The molecule has 3 heteroatoms. The third-order valence-corrected chi connectivity index (χ3v) is 3.19. The number of hydrogen-bond acceptors (Lipinski definition) is 2. The highest BCUT2D eigenvalue weighted by Gasteiger charge is 2.26. The van der Waals surface area contributed by atoms with E-state index in [1.165, 1.54) is 12.8 Å². The third-order valence-electron chi connectivity index (χ3n) is 3.19. The normalized spacial score (nSPS) is 14.9. The molecule has 0 radical (unpaired) electrons. The maximum absolute atomic E-state index is 11.6. The Morgan fingerprint density at radius 3 is 2.82 bits per heavy atom. The second-order valence-electron chi connectivity index (χ2n) is 4.52. The van der Waals surface area contributed by atoms with E-state index in [1.807, 2.05) is 36.8 Å². The van der Waals surface area contributed by atoms with Gasteiger partial charge in [-0.1, -0.05) is 24.3 Å². The van der Waals surface area contributed by atoms with E-state index < -0.39 is 0 Å². The van der Waals surface area contributed by atoms with Gasteiger partial charge in [0.15, 0.2) is 5.78 Å². The van der Waals surface area contributed by atoms with Crippen molar-refractivity contribution in [1.82, 2.24) is 9.55 Å². The number of benzene rings is 1. The second kappa shape index (κ2) is 3.84. The molecule has 1 aromatic heterocycles. The van der Waals surface area contributed by atoms with E-state index >= 15 is 0 Å². The van der Waals surface area contributed by atoms with Crippen molar-refractivity contribution in [2.24, 2.45) is 0 Å². The maximum atomic E-state index is 11.6. The lowest BCUT2D eigenvalue weighted by Gasteiger charge is -2.09. The zero-order valence-electron chi connectivity index (χ0n) is 9.76. The van der Waals surface area contributed by atoms with Crippen LogP contribution in [0.2, 0.25) is 0 Å². The van der Waals surface area contributed by atoms with Crippen molar-refractivity contribution >= 4 is 5.78 Å². The second-order valence-corrected chi connectivity index (χ2v) is 4.52. The average Bonchev–Trinajstić information content (AvgIpc) is 3.07. The predicted molar refractivity (Wildman–Crippen MR) is 65.9 cm³/mol. The Morgan fingerprint density at radius 2 is 2.12 bits per heavy atom. The molecule has 17 heavy (non-hydrogen) atoms. The van der Waals surface area contributed by atoms with Crippen molar-refractivity contribution in [3.63, 3.8) is 0 Å². The van der Waals surface area contributed by atoms with E-state index in [-0.39, 0.29) is 5.78 Å². The smallest absolute Gasteiger partial charge is 0.160 e. The molecule has 1 aromatic carbocycles. The van der Waals surface area contributed by atoms with Gasteiger partial charge in [-0.25, -0.2) is 4.98 Å². The molecule has 86 valence electrons. The largest absolute Gasteiger partial charge is 0.327 e. The maximum Gasteiger partial charge on any atom is 0.160 e. The molecule has 1 heterocycles. The molecule has 0 unspecified atom stereocenters. The molecule has 1 aliphatic carbocycles. The van der Waals surface area contributed by atoms with E-state index in [9.17, 15) is 4.79 Å². The van der Waals surface area contributed by atoms with Crippen molar-refractivity contribution < 1.29 is 4.79 Å². The number of carbonyl (C=O) groups is 1. The van der Waals surface area contributed by atoms with Crippen molar-refractivity contribution in [3.05, 3.63) is 42.4 Å². The van der Waals surface area contributed by atoms with Crippen molar-refractivity contribution in [3.8, 4) is 11.3 Å². The SMILES string of the molecule is CC(=O)c1ccccc1-c1cncn1C1CC1. The van der Waals surface area contributed by atoms with Gasteiger partial charge in [-0.05, 0) is 19.8 Å². The predicted octanol–water partition coefficient (Wildman–Crippen LogP) is 3.09. The molecule has 1 fully saturated rings. The zero-order valence-corrected chi connectivity index (χ0v) is 9.76. The van der Waals surface area contributed by atoms with Crippen molar-refractivity contribution in [1.29, 1.82) is 0 Å². The van der Waals surface area contributed by atoms with Crippen LogP contribution >= 0.6 is 0 Å². The summed E-state index contributed by atoms with van der Waals surface area (Å²) in [5.74, 6) is 0.101. The van der Waals surface area contributed by atoms with E-state index in [0.29, 0.717) is 6.04 Å². The Bertz CT molecular complexity index is 567. The van der Waals surface area contributed by atoms with Crippen LogP contribution in [0, 0.1) is 0 Å². The van der Waals surface area contributed by atoms with Crippen LogP contribution in [0.3, 0.4) is 0 Å². The van der Waals surface area contributed by atoms with Crippen LogP contribution in [0.1, 0.15) is 36.2 Å². The summed E-state index contributed by atoms with van der Waals surface area (Å²) in [5, 5.41) is 0. The zero-order chi connectivity index (χ0) is 11.8. The van der Waals surface area contributed by atoms with Gasteiger partial charge in [0.2, 0.25) is 0 Å². The molecule has 0 spiro atoms. The molecule has 0 bridgehead atoms. The summed E-state index contributed by atoms with van der Waals surface area (Å²) >= 11 is 0. The van der Waals surface area contributed by atoms with Crippen LogP contribution in [-0.2, 0) is 0 Å². The minimum Gasteiger partial charge on any atom is -0.327 e. The van der Waals surface area contributed by atoms with Gasteiger partial charge in [0.25, 0.3) is 0 Å². The number of carbonyl (C=O) groups excluding carboxylic acids is 1. The number of ketones is 1. The minimum atomic E-state index is 0.101. The lowest BCUT2D eigenvalue weighted by Crippen LogP contribution is -2.00. The highest BCUT2D eigenvalue weighted by atomic mass is 16.1. The first kappa shape index (κ1) is 10.3. The molecule has 0 N–H and O–H groups in total. The van der Waals surface area contributed by atoms with Crippen LogP contribution < -0.4 is 0 Å². The molecule has 0 amide bonds. The summed E-state index contributed by atoms with van der Waals surface area (Å²) in [6.45, 7) is 1.61. The van der Waals surface area contributed by atoms with Crippen LogP contribution in [0.5, 0.6) is 0 Å². The number of imidazole rings is 1. The summed E-state index contributed by atoms with van der Waals surface area (Å²) in [6.07, 6.45) is 6.14. The topological polar surface area (TPSA) is 34.9 Å². The van der Waals surface area contributed by atoms with E-state index in [4.69, 9.17) is 0 Å². The lowest BCUT2D eigenvalue weighted by atomic mass is 10.0. The van der Waals surface area contributed by atoms with Crippen LogP contribution in [0.25, 0.3) is 11.3 Å². The number of hydrogen-bond donors (Lipinski definition) is 0. The Kier molecular flexibility index (Phi) is 2.32. The Labute approximate surface area is 100 Å². The van der Waals surface area contributed by atoms with Crippen LogP contribution in [-0.4, -0.2) is 15.3 Å². The fourth-order valence-electron chi connectivity index (χ4n) is 2.17. The van der Waals surface area contributed by atoms with Gasteiger partial charge in [0.05, 0.1) is 18.2 Å². The standard InChI is InChI=1S/C14H14N2O/c1-10(17)12-4-2-3-5-13(12)14-8-15-9-16(14)11-6-7-11/h2-5,8-9,11H,6-7H2,1H3. The third kappa shape index (κ3) is 1.78. The first-order valence-corrected chi connectivity index (χ1v) is 5.89. The highest BCUT2D eigenvalue weighted by Crippen LogP contribution is 2.38. The first-order valence-electron chi connectivity index (χ1n) is 5.89. The van der Waals surface area contributed by atoms with Gasteiger partial charge in [-0.15, -0.1) is 0 Å². The molecule has 1 saturated carbocycles. The molecular weight excluding hydrogens is 212 g/mol. The molecule has 3 rings (SSSR count). The molecular formula is C14H14N2O. The van der Waals surface area contributed by atoms with Gasteiger partial charge in [-0.2, -0.15) is 0 Å². The molecule has 0 atom stereocenters. The Hall–Kier alpha value is -1.90. The number of aromatic nitrogens is 2. The molecule has 0 saturated heterocycles. The molecule has 1 aliphatic rings. The Morgan fingerprint density at radius 1 is 1.35 bits per heavy atom. The Balaban J connectivity index is 2.14. The fraction of sp³-hybridized carbons (Fsp3) is 0.286. The van der Waals surface area contributed by atoms with Gasteiger partial charge in [0.1, 0.15) is 0 Å². The van der Waals surface area contributed by atoms with Gasteiger partial charge < -0.3 is 4.57 Å². The van der Waals surface area contributed by atoms with Gasteiger partial charge in [0, 0.05) is 17.2 Å². The highest BCUT2D eigenvalue weighted by molar-refractivity contribution is 6.00. The van der Waals surface area contributed by atoms with Crippen LogP contribution in [0.15, 0.2) is 36.8 Å². The van der Waals surface area contributed by atoms with Gasteiger partial charge in [-0.3, -0.25) is 4.79 Å². The molecule has 2 aromatic rings. The fourth-order valence-corrected chi connectivity index (χ4v) is 2.17.